The van der Waals surface area contributed by atoms with Crippen LogP contribution in [0.25, 0.3) is 10.9 Å². The minimum atomic E-state index is 0.361. The summed E-state index contributed by atoms with van der Waals surface area (Å²) in [5.41, 5.74) is 2.17. The third-order valence-electron chi connectivity index (χ3n) is 2.91. The Bertz CT molecular complexity index is 517. The average Bonchev–Trinajstić information content (AvgIpc) is 2.69. The van der Waals surface area contributed by atoms with Crippen molar-refractivity contribution < 1.29 is 9.57 Å². The maximum absolute atomic E-state index is 5.42. The van der Waals surface area contributed by atoms with Crippen LogP contribution in [0.4, 0.5) is 0 Å². The van der Waals surface area contributed by atoms with Crippen LogP contribution in [0.2, 0.25) is 0 Å². The molecule has 0 atom stereocenters. The van der Waals surface area contributed by atoms with E-state index in [1.807, 2.05) is 12.1 Å². The van der Waals surface area contributed by atoms with Crippen molar-refractivity contribution in [3.05, 3.63) is 30.0 Å². The van der Waals surface area contributed by atoms with E-state index in [2.05, 4.69) is 30.7 Å². The van der Waals surface area contributed by atoms with Crippen LogP contribution in [0, 0.1) is 0 Å². The Labute approximate surface area is 101 Å². The van der Waals surface area contributed by atoms with Crippen molar-refractivity contribution in [1.82, 2.24) is 4.57 Å². The van der Waals surface area contributed by atoms with Gasteiger partial charge in [-0.05, 0) is 19.9 Å². The summed E-state index contributed by atoms with van der Waals surface area (Å²) in [6.07, 6.45) is 2.07. The van der Waals surface area contributed by atoms with Crippen molar-refractivity contribution in [1.29, 1.82) is 0 Å². The largest absolute Gasteiger partial charge is 0.495 e. The van der Waals surface area contributed by atoms with Crippen LogP contribution in [-0.2, 0) is 11.4 Å². The van der Waals surface area contributed by atoms with Crippen molar-refractivity contribution in [3.63, 3.8) is 0 Å². The molecule has 0 saturated carbocycles. The Kier molecular flexibility index (Phi) is 3.36. The molecule has 0 saturated heterocycles. The predicted octanol–water partition coefficient (Wildman–Crippen LogP) is 2.62. The number of aromatic nitrogens is 1. The van der Waals surface area contributed by atoms with Crippen molar-refractivity contribution in [2.45, 2.75) is 26.5 Å². The van der Waals surface area contributed by atoms with Gasteiger partial charge in [0.1, 0.15) is 5.75 Å². The zero-order valence-corrected chi connectivity index (χ0v) is 10.4. The highest BCUT2D eigenvalue weighted by Gasteiger charge is 2.14. The highest BCUT2D eigenvalue weighted by molar-refractivity contribution is 5.89. The number of ether oxygens (including phenoxy) is 1. The second kappa shape index (κ2) is 4.77. The lowest BCUT2D eigenvalue weighted by Crippen LogP contribution is -2.00. The highest BCUT2D eigenvalue weighted by Crippen LogP contribution is 2.32. The summed E-state index contributed by atoms with van der Waals surface area (Å²) >= 11 is 0. The molecule has 0 aliphatic rings. The summed E-state index contributed by atoms with van der Waals surface area (Å²) in [5, 5.41) is 1.13. The third-order valence-corrected chi connectivity index (χ3v) is 2.91. The molecular weight excluding hydrogens is 216 g/mol. The monoisotopic (exact) mass is 234 g/mol. The average molecular weight is 234 g/mol. The summed E-state index contributed by atoms with van der Waals surface area (Å²) in [6.45, 7) is 4.68. The van der Waals surface area contributed by atoms with Crippen molar-refractivity contribution >= 4 is 10.9 Å². The van der Waals surface area contributed by atoms with Crippen LogP contribution in [-0.4, -0.2) is 11.7 Å². The predicted molar refractivity (Wildman–Crippen MR) is 67.9 cm³/mol. The number of hydrogen-bond donors (Lipinski definition) is 1. The molecular formula is C13H18N2O2. The van der Waals surface area contributed by atoms with E-state index in [1.54, 1.807) is 7.11 Å². The van der Waals surface area contributed by atoms with Gasteiger partial charge in [0.15, 0.2) is 0 Å². The van der Waals surface area contributed by atoms with E-state index in [0.29, 0.717) is 12.6 Å². The summed E-state index contributed by atoms with van der Waals surface area (Å²) in [6, 6.07) is 6.37. The number of rotatable bonds is 4. The van der Waals surface area contributed by atoms with Gasteiger partial charge in [-0.3, -0.25) is 4.84 Å². The normalized spacial score (nSPS) is 11.4. The van der Waals surface area contributed by atoms with Gasteiger partial charge in [-0.15, -0.1) is 0 Å². The molecule has 2 rings (SSSR count). The smallest absolute Gasteiger partial charge is 0.143 e. The van der Waals surface area contributed by atoms with E-state index in [9.17, 15) is 0 Å². The second-order valence-corrected chi connectivity index (χ2v) is 4.32. The molecule has 0 spiro atoms. The van der Waals surface area contributed by atoms with Crippen molar-refractivity contribution in [2.24, 2.45) is 5.90 Å². The van der Waals surface area contributed by atoms with Crippen LogP contribution < -0.4 is 10.6 Å². The van der Waals surface area contributed by atoms with Gasteiger partial charge < -0.3 is 9.30 Å². The molecule has 0 aliphatic heterocycles. The molecule has 0 unspecified atom stereocenters. The maximum atomic E-state index is 5.42. The summed E-state index contributed by atoms with van der Waals surface area (Å²) in [5.74, 6) is 6.04. The van der Waals surface area contributed by atoms with Gasteiger partial charge in [-0.2, -0.15) is 0 Å². The molecule has 4 nitrogen and oxygen atoms in total. The summed E-state index contributed by atoms with van der Waals surface area (Å²) < 4.78 is 7.60. The zero-order valence-electron chi connectivity index (χ0n) is 10.4. The third kappa shape index (κ3) is 2.01. The van der Waals surface area contributed by atoms with Crippen molar-refractivity contribution in [3.8, 4) is 5.75 Å². The Morgan fingerprint density at radius 2 is 2.12 bits per heavy atom. The number of hydrogen-bond acceptors (Lipinski definition) is 3. The zero-order chi connectivity index (χ0) is 12.4. The molecule has 0 aliphatic carbocycles. The minimum Gasteiger partial charge on any atom is -0.495 e. The number of fused-ring (bicyclic) bond motifs is 1. The SMILES string of the molecule is COc1cccc2c(CON)cn(C(C)C)c12. The molecule has 2 N–H and O–H groups in total. The van der Waals surface area contributed by atoms with E-state index in [1.165, 1.54) is 0 Å². The van der Waals surface area contributed by atoms with E-state index in [0.717, 1.165) is 22.2 Å². The summed E-state index contributed by atoms with van der Waals surface area (Å²) in [4.78, 5) is 4.75. The van der Waals surface area contributed by atoms with Crippen LogP contribution in [0.15, 0.2) is 24.4 Å². The van der Waals surface area contributed by atoms with E-state index >= 15 is 0 Å². The van der Waals surface area contributed by atoms with Gasteiger partial charge in [0.25, 0.3) is 0 Å². The topological polar surface area (TPSA) is 49.4 Å². The molecule has 0 fully saturated rings. The molecule has 0 amide bonds. The molecule has 1 heterocycles. The number of nitrogens with zero attached hydrogens (tertiary/aromatic N) is 1. The van der Waals surface area contributed by atoms with Gasteiger partial charge in [-0.25, -0.2) is 5.90 Å². The number of benzene rings is 1. The maximum Gasteiger partial charge on any atom is 0.143 e. The number of nitrogens with two attached hydrogens (primary N) is 1. The molecule has 1 aromatic heterocycles. The van der Waals surface area contributed by atoms with E-state index in [-0.39, 0.29) is 0 Å². The molecule has 4 heteroatoms. The minimum absolute atomic E-state index is 0.361. The molecule has 0 radical (unpaired) electrons. The molecule has 2 aromatic rings. The Hall–Kier alpha value is -1.52. The van der Waals surface area contributed by atoms with Gasteiger partial charge in [0, 0.05) is 23.2 Å². The number of methoxy groups -OCH3 is 1. The van der Waals surface area contributed by atoms with Gasteiger partial charge >= 0.3 is 0 Å². The lowest BCUT2D eigenvalue weighted by molar-refractivity contribution is 0.125. The Balaban J connectivity index is 2.71. The van der Waals surface area contributed by atoms with Crippen LogP contribution in [0.3, 0.4) is 0 Å². The summed E-state index contributed by atoms with van der Waals surface area (Å²) in [7, 11) is 1.69. The van der Waals surface area contributed by atoms with Crippen LogP contribution in [0.1, 0.15) is 25.5 Å². The molecule has 17 heavy (non-hydrogen) atoms. The fourth-order valence-corrected chi connectivity index (χ4v) is 2.13. The number of para-hydroxylation sites is 1. The molecule has 92 valence electrons. The first-order chi connectivity index (χ1) is 8.19. The molecule has 1 aromatic carbocycles. The fourth-order valence-electron chi connectivity index (χ4n) is 2.13. The van der Waals surface area contributed by atoms with Gasteiger partial charge in [-0.1, -0.05) is 12.1 Å². The molecule has 0 bridgehead atoms. The Morgan fingerprint density at radius 1 is 1.35 bits per heavy atom. The quantitative estimate of drug-likeness (QED) is 0.827. The lowest BCUT2D eigenvalue weighted by Gasteiger charge is -2.11. The first-order valence-corrected chi connectivity index (χ1v) is 5.67. The highest BCUT2D eigenvalue weighted by atomic mass is 16.6. The lowest BCUT2D eigenvalue weighted by atomic mass is 10.2. The standard InChI is InChI=1S/C13H18N2O2/c1-9(2)15-7-10(8-17-14)11-5-4-6-12(16-3)13(11)15/h4-7,9H,8,14H2,1-3H3. The van der Waals surface area contributed by atoms with E-state index in [4.69, 9.17) is 15.5 Å². The fraction of sp³-hybridized carbons (Fsp3) is 0.385. The first kappa shape index (κ1) is 12.0. The van der Waals surface area contributed by atoms with Gasteiger partial charge in [0.2, 0.25) is 0 Å². The van der Waals surface area contributed by atoms with Crippen LogP contribution >= 0.6 is 0 Å². The van der Waals surface area contributed by atoms with E-state index < -0.39 is 0 Å². The van der Waals surface area contributed by atoms with Crippen molar-refractivity contribution in [2.75, 3.05) is 7.11 Å². The first-order valence-electron chi connectivity index (χ1n) is 5.67. The Morgan fingerprint density at radius 3 is 2.71 bits per heavy atom. The van der Waals surface area contributed by atoms with Crippen LogP contribution in [0.5, 0.6) is 5.75 Å². The second-order valence-electron chi connectivity index (χ2n) is 4.32. The van der Waals surface area contributed by atoms with Gasteiger partial charge in [0.05, 0.1) is 19.2 Å².